The summed E-state index contributed by atoms with van der Waals surface area (Å²) in [7, 11) is 1.13. The third-order valence-electron chi connectivity index (χ3n) is 3.22. The summed E-state index contributed by atoms with van der Waals surface area (Å²) in [5.74, 6) is 8.75. The smallest absolute Gasteiger partial charge is 0.411 e. The Hall–Kier alpha value is -2.80. The molecule has 3 atom stereocenters. The van der Waals surface area contributed by atoms with Crippen molar-refractivity contribution in [3.63, 3.8) is 0 Å². The second kappa shape index (κ2) is 6.31. The molecule has 6 heteroatoms. The predicted octanol–water partition coefficient (Wildman–Crippen LogP) is -0.350. The molecule has 0 aromatic rings. The van der Waals surface area contributed by atoms with Crippen LogP contribution in [0, 0.1) is 29.6 Å². The van der Waals surface area contributed by atoms with Crippen LogP contribution in [0.3, 0.4) is 0 Å². The number of rotatable bonds is 1. The molecule has 3 unspecified atom stereocenters. The van der Waals surface area contributed by atoms with Gasteiger partial charge < -0.3 is 14.9 Å². The van der Waals surface area contributed by atoms with E-state index in [2.05, 4.69) is 40.3 Å². The van der Waals surface area contributed by atoms with Crippen molar-refractivity contribution in [1.82, 2.24) is 5.32 Å². The van der Waals surface area contributed by atoms with Gasteiger partial charge in [0.15, 0.2) is 0 Å². The molecule has 2 rings (SSSR count). The fourth-order valence-electron chi connectivity index (χ4n) is 2.13. The van der Waals surface area contributed by atoms with Crippen molar-refractivity contribution >= 4 is 11.9 Å². The number of carbonyl (C=O) groups is 2. The molecule has 0 aromatic carbocycles. The highest BCUT2D eigenvalue weighted by atomic mass is 16.5. The number of ether oxygens (including phenoxy) is 1. The molecule has 0 fully saturated rings. The number of alkyl carbamates (subject to hydrolysis) is 1. The molecule has 0 saturated carbocycles. The molecular formula is C16H13NO5. The van der Waals surface area contributed by atoms with Crippen LogP contribution in [-0.2, 0) is 9.53 Å². The molecule has 0 saturated heterocycles. The van der Waals surface area contributed by atoms with Gasteiger partial charge in [-0.05, 0) is 17.7 Å². The number of fused-ring (bicyclic) bond motifs is 2. The van der Waals surface area contributed by atoms with Gasteiger partial charge in [-0.1, -0.05) is 30.3 Å². The van der Waals surface area contributed by atoms with E-state index in [1.165, 1.54) is 12.2 Å². The summed E-state index contributed by atoms with van der Waals surface area (Å²) >= 11 is 0. The normalized spacial score (nSPS) is 27.9. The third kappa shape index (κ3) is 2.79. The molecule has 0 aliphatic heterocycles. The Morgan fingerprint density at radius 2 is 1.95 bits per heavy atom. The maximum atomic E-state index is 12.3. The van der Waals surface area contributed by atoms with E-state index in [1.54, 1.807) is 0 Å². The van der Waals surface area contributed by atoms with Crippen molar-refractivity contribution < 1.29 is 24.5 Å². The van der Waals surface area contributed by atoms with E-state index in [0.717, 1.165) is 7.11 Å². The van der Waals surface area contributed by atoms with Gasteiger partial charge in [0.2, 0.25) is 5.78 Å². The highest BCUT2D eigenvalue weighted by Crippen LogP contribution is 2.32. The summed E-state index contributed by atoms with van der Waals surface area (Å²) in [6, 6.07) is 0. The maximum Gasteiger partial charge on any atom is 0.411 e. The minimum Gasteiger partial charge on any atom is -0.453 e. The topological polar surface area (TPSA) is 95.9 Å². The van der Waals surface area contributed by atoms with E-state index in [4.69, 9.17) is 0 Å². The second-order valence-corrected chi connectivity index (χ2v) is 4.53. The van der Waals surface area contributed by atoms with Gasteiger partial charge in [-0.15, -0.1) is 0 Å². The quantitative estimate of drug-likeness (QED) is 0.575. The van der Waals surface area contributed by atoms with Crippen molar-refractivity contribution in [3.05, 3.63) is 35.6 Å². The number of aliphatic hydroxyl groups is 2. The minimum atomic E-state index is -1.50. The van der Waals surface area contributed by atoms with E-state index in [9.17, 15) is 19.8 Å². The van der Waals surface area contributed by atoms with Gasteiger partial charge in [0.25, 0.3) is 0 Å². The van der Waals surface area contributed by atoms with Crippen LogP contribution in [0.5, 0.6) is 0 Å². The van der Waals surface area contributed by atoms with Crippen LogP contribution in [-0.4, -0.2) is 41.4 Å². The van der Waals surface area contributed by atoms with Crippen LogP contribution >= 0.6 is 0 Å². The summed E-state index contributed by atoms with van der Waals surface area (Å²) in [5.41, 5.74) is -0.0281. The maximum absolute atomic E-state index is 12.3. The first-order valence-electron chi connectivity index (χ1n) is 6.33. The average molecular weight is 299 g/mol. The number of amides is 1. The summed E-state index contributed by atoms with van der Waals surface area (Å²) < 4.78 is 4.44. The zero-order valence-electron chi connectivity index (χ0n) is 11.7. The monoisotopic (exact) mass is 299 g/mol. The predicted molar refractivity (Wildman–Crippen MR) is 76.9 cm³/mol. The number of methoxy groups -OCH3 is 1. The number of carbonyl (C=O) groups excluding carboxylic acids is 2. The van der Waals surface area contributed by atoms with Crippen LogP contribution in [0.2, 0.25) is 0 Å². The van der Waals surface area contributed by atoms with E-state index in [1.807, 2.05) is 0 Å². The van der Waals surface area contributed by atoms with Crippen molar-refractivity contribution in [2.24, 2.45) is 5.92 Å². The number of Topliss-reactive ketones (excluding diaryl/α,β-unsaturated/α-hetero) is 1. The molecule has 22 heavy (non-hydrogen) atoms. The van der Waals surface area contributed by atoms with Crippen LogP contribution in [0.4, 0.5) is 4.79 Å². The third-order valence-corrected chi connectivity index (χ3v) is 3.22. The summed E-state index contributed by atoms with van der Waals surface area (Å²) in [5, 5.41) is 22.5. The minimum absolute atomic E-state index is 0.0304. The van der Waals surface area contributed by atoms with Crippen LogP contribution < -0.4 is 5.32 Å². The molecule has 2 aliphatic rings. The summed E-state index contributed by atoms with van der Waals surface area (Å²) in [4.78, 5) is 23.7. The highest BCUT2D eigenvalue weighted by molar-refractivity contribution is 6.04. The first-order chi connectivity index (χ1) is 10.5. The molecule has 112 valence electrons. The van der Waals surface area contributed by atoms with Crippen LogP contribution in [0.15, 0.2) is 35.6 Å². The standard InChI is InChI=1S/C16H13NO5/c1-9-10-7-5-3-4-6-8-11(18)12(9)13(15(20)14(10)19)17-16(21)22-2/h3-4,10-11,14,18-19H,1H2,2H3,(H,17,21)/b4-3-. The molecule has 0 aromatic heterocycles. The number of nitrogens with one attached hydrogen (secondary N) is 1. The van der Waals surface area contributed by atoms with Crippen molar-refractivity contribution in [1.29, 1.82) is 0 Å². The van der Waals surface area contributed by atoms with E-state index in [-0.39, 0.29) is 16.8 Å². The molecule has 6 nitrogen and oxygen atoms in total. The Morgan fingerprint density at radius 1 is 1.32 bits per heavy atom. The van der Waals surface area contributed by atoms with Gasteiger partial charge in [-0.25, -0.2) is 4.79 Å². The Balaban J connectivity index is 2.64. The molecule has 0 spiro atoms. The Labute approximate surface area is 127 Å². The number of ketones is 1. The van der Waals surface area contributed by atoms with Crippen LogP contribution in [0.25, 0.3) is 0 Å². The molecule has 0 heterocycles. The Kier molecular flexibility index (Phi) is 4.47. The molecule has 0 radical (unpaired) electrons. The molecule has 2 bridgehead atoms. The largest absolute Gasteiger partial charge is 0.453 e. The van der Waals surface area contributed by atoms with Gasteiger partial charge in [-0.2, -0.15) is 0 Å². The fraction of sp³-hybridized carbons (Fsp3) is 0.250. The van der Waals surface area contributed by atoms with E-state index < -0.39 is 30.0 Å². The number of hydrogen-bond acceptors (Lipinski definition) is 5. The summed E-state index contributed by atoms with van der Waals surface area (Å²) in [6.45, 7) is 3.77. The summed E-state index contributed by atoms with van der Waals surface area (Å²) in [6.07, 6.45) is -0.881. The first kappa shape index (κ1) is 15.6. The van der Waals surface area contributed by atoms with E-state index in [0.29, 0.717) is 0 Å². The number of aliphatic hydroxyl groups excluding tert-OH is 2. The SMILES string of the molecule is C=C1C2=C(NC(=O)OC)C(=O)C(O)C1C#C/C=C\C#CC2O. The van der Waals surface area contributed by atoms with Crippen LogP contribution in [0.1, 0.15) is 0 Å². The van der Waals surface area contributed by atoms with Gasteiger partial charge in [0.1, 0.15) is 12.2 Å². The average Bonchev–Trinajstić information content (AvgIpc) is 2.50. The fourth-order valence-corrected chi connectivity index (χ4v) is 2.13. The van der Waals surface area contributed by atoms with Crippen molar-refractivity contribution in [2.75, 3.05) is 7.11 Å². The Bertz CT molecular complexity index is 723. The second-order valence-electron chi connectivity index (χ2n) is 4.53. The molecular weight excluding hydrogens is 286 g/mol. The van der Waals surface area contributed by atoms with Crippen molar-refractivity contribution in [3.8, 4) is 23.7 Å². The molecule has 1 amide bonds. The Morgan fingerprint density at radius 3 is 2.59 bits per heavy atom. The number of hydrogen-bond donors (Lipinski definition) is 3. The lowest BCUT2D eigenvalue weighted by atomic mass is 9.78. The van der Waals surface area contributed by atoms with Crippen molar-refractivity contribution in [2.45, 2.75) is 12.2 Å². The molecule has 3 N–H and O–H groups in total. The lowest BCUT2D eigenvalue weighted by Gasteiger charge is -2.30. The highest BCUT2D eigenvalue weighted by Gasteiger charge is 2.40. The van der Waals surface area contributed by atoms with Gasteiger partial charge >= 0.3 is 6.09 Å². The van der Waals surface area contributed by atoms with Gasteiger partial charge in [0.05, 0.1) is 18.7 Å². The van der Waals surface area contributed by atoms with E-state index >= 15 is 0 Å². The lowest BCUT2D eigenvalue weighted by Crippen LogP contribution is -2.44. The van der Waals surface area contributed by atoms with Gasteiger partial charge in [-0.3, -0.25) is 10.1 Å². The first-order valence-corrected chi connectivity index (χ1v) is 6.33. The van der Waals surface area contributed by atoms with Gasteiger partial charge in [0, 0.05) is 5.57 Å². The zero-order chi connectivity index (χ0) is 16.3. The lowest BCUT2D eigenvalue weighted by molar-refractivity contribution is -0.125. The number of allylic oxidation sites excluding steroid dienone is 2. The molecule has 2 aliphatic carbocycles. The zero-order valence-corrected chi connectivity index (χ0v) is 11.7.